The van der Waals surface area contributed by atoms with Crippen molar-refractivity contribution < 1.29 is 14.6 Å². The summed E-state index contributed by atoms with van der Waals surface area (Å²) in [4.78, 5) is 15.9. The molecule has 1 saturated carbocycles. The molecule has 1 aromatic heterocycles. The molecule has 2 aliphatic carbocycles. The number of carboxylic acids is 1. The monoisotopic (exact) mass is 275 g/mol. The highest BCUT2D eigenvalue weighted by Crippen LogP contribution is 2.31. The minimum atomic E-state index is -0.939. The zero-order chi connectivity index (χ0) is 14.1. The summed E-state index contributed by atoms with van der Waals surface area (Å²) >= 11 is 0. The Balaban J connectivity index is 1.86. The number of rotatable bonds is 3. The topological polar surface area (TPSA) is 59.4 Å². The molecule has 108 valence electrons. The second-order valence-corrected chi connectivity index (χ2v) is 6.12. The summed E-state index contributed by atoms with van der Waals surface area (Å²) in [7, 11) is 0. The average Bonchev–Trinajstić information content (AvgIpc) is 2.84. The number of fused-ring (bicyclic) bond motifs is 1. The van der Waals surface area contributed by atoms with Gasteiger partial charge >= 0.3 is 5.97 Å². The molecule has 2 atom stereocenters. The van der Waals surface area contributed by atoms with Gasteiger partial charge in [-0.25, -0.2) is 9.78 Å². The maximum absolute atomic E-state index is 11.4. The molecule has 1 heterocycles. The highest BCUT2D eigenvalue weighted by Gasteiger charge is 2.25. The van der Waals surface area contributed by atoms with E-state index >= 15 is 0 Å². The first-order valence-corrected chi connectivity index (χ1v) is 7.56. The van der Waals surface area contributed by atoms with Crippen molar-refractivity contribution in [1.29, 1.82) is 0 Å². The molecule has 2 aliphatic rings. The first kappa shape index (κ1) is 13.4. The van der Waals surface area contributed by atoms with Crippen molar-refractivity contribution in [3.05, 3.63) is 22.9 Å². The number of nitrogens with zero attached hydrogens (tertiary/aromatic N) is 1. The van der Waals surface area contributed by atoms with E-state index in [4.69, 9.17) is 4.74 Å². The molecule has 0 spiro atoms. The molecule has 2 unspecified atom stereocenters. The highest BCUT2D eigenvalue weighted by molar-refractivity contribution is 5.90. The fraction of sp³-hybridized carbons (Fsp3) is 0.625. The minimum Gasteiger partial charge on any atom is -0.477 e. The summed E-state index contributed by atoms with van der Waals surface area (Å²) in [5.74, 6) is 0.0414. The zero-order valence-corrected chi connectivity index (χ0v) is 11.9. The third-order valence-electron chi connectivity index (χ3n) is 4.41. The molecule has 0 aliphatic heterocycles. The van der Waals surface area contributed by atoms with Gasteiger partial charge in [-0.1, -0.05) is 13.3 Å². The normalized spacial score (nSPS) is 25.2. The van der Waals surface area contributed by atoms with Gasteiger partial charge < -0.3 is 9.84 Å². The lowest BCUT2D eigenvalue weighted by molar-refractivity contribution is 0.0680. The molecular weight excluding hydrogens is 254 g/mol. The Kier molecular flexibility index (Phi) is 3.64. The molecule has 4 nitrogen and oxygen atoms in total. The van der Waals surface area contributed by atoms with Crippen LogP contribution in [0.2, 0.25) is 0 Å². The van der Waals surface area contributed by atoms with Crippen LogP contribution in [-0.2, 0) is 12.8 Å². The highest BCUT2D eigenvalue weighted by atomic mass is 16.5. The van der Waals surface area contributed by atoms with Crippen molar-refractivity contribution in [2.24, 2.45) is 5.92 Å². The summed E-state index contributed by atoms with van der Waals surface area (Å²) in [6.45, 7) is 2.23. The molecule has 1 N–H and O–H groups in total. The van der Waals surface area contributed by atoms with Crippen LogP contribution < -0.4 is 4.74 Å². The Morgan fingerprint density at radius 2 is 2.20 bits per heavy atom. The zero-order valence-electron chi connectivity index (χ0n) is 11.9. The molecule has 0 saturated heterocycles. The number of aryl methyl sites for hydroxylation is 2. The first-order chi connectivity index (χ1) is 9.63. The summed E-state index contributed by atoms with van der Waals surface area (Å²) in [6.07, 6.45) is 7.44. The molecule has 3 rings (SSSR count). The maximum Gasteiger partial charge on any atom is 0.341 e. The van der Waals surface area contributed by atoms with Gasteiger partial charge in [0.1, 0.15) is 11.7 Å². The lowest BCUT2D eigenvalue weighted by atomic mass is 9.89. The smallest absolute Gasteiger partial charge is 0.341 e. The average molecular weight is 275 g/mol. The van der Waals surface area contributed by atoms with E-state index < -0.39 is 5.97 Å². The minimum absolute atomic E-state index is 0.115. The molecule has 0 bridgehead atoms. The SMILES string of the molecule is CC1CCCC(Oc2nc3c(cc2C(=O)O)CCC3)C1. The number of ether oxygens (including phenoxy) is 1. The van der Waals surface area contributed by atoms with Crippen LogP contribution in [0.15, 0.2) is 6.07 Å². The Morgan fingerprint density at radius 1 is 1.35 bits per heavy atom. The molecule has 4 heteroatoms. The number of aromatic carboxylic acids is 1. The Labute approximate surface area is 119 Å². The number of aromatic nitrogens is 1. The van der Waals surface area contributed by atoms with Gasteiger partial charge in [-0.15, -0.1) is 0 Å². The van der Waals surface area contributed by atoms with Crippen molar-refractivity contribution in [2.75, 3.05) is 0 Å². The van der Waals surface area contributed by atoms with Gasteiger partial charge in [-0.3, -0.25) is 0 Å². The van der Waals surface area contributed by atoms with Gasteiger partial charge in [0, 0.05) is 5.69 Å². The van der Waals surface area contributed by atoms with Gasteiger partial charge in [0.15, 0.2) is 0 Å². The molecule has 0 aromatic carbocycles. The van der Waals surface area contributed by atoms with Crippen LogP contribution in [0.1, 0.15) is 60.6 Å². The second-order valence-electron chi connectivity index (χ2n) is 6.12. The van der Waals surface area contributed by atoms with Crippen LogP contribution in [0.4, 0.5) is 0 Å². The van der Waals surface area contributed by atoms with Gasteiger partial charge in [0.05, 0.1) is 0 Å². The van der Waals surface area contributed by atoms with Crippen molar-refractivity contribution in [3.63, 3.8) is 0 Å². The quantitative estimate of drug-likeness (QED) is 0.920. The van der Waals surface area contributed by atoms with E-state index in [2.05, 4.69) is 11.9 Å². The van der Waals surface area contributed by atoms with Crippen molar-refractivity contribution in [1.82, 2.24) is 4.98 Å². The van der Waals surface area contributed by atoms with Gasteiger partial charge in [0.2, 0.25) is 5.88 Å². The molecule has 1 aromatic rings. The number of pyridine rings is 1. The Morgan fingerprint density at radius 3 is 2.95 bits per heavy atom. The third kappa shape index (κ3) is 2.65. The maximum atomic E-state index is 11.4. The van der Waals surface area contributed by atoms with E-state index in [1.807, 2.05) is 0 Å². The van der Waals surface area contributed by atoms with Gasteiger partial charge in [0.25, 0.3) is 0 Å². The lowest BCUT2D eigenvalue weighted by Gasteiger charge is -2.27. The molecular formula is C16H21NO3. The first-order valence-electron chi connectivity index (χ1n) is 7.56. The fourth-order valence-electron chi connectivity index (χ4n) is 3.34. The summed E-state index contributed by atoms with van der Waals surface area (Å²) < 4.78 is 5.95. The van der Waals surface area contributed by atoms with Crippen LogP contribution in [0, 0.1) is 5.92 Å². The number of carboxylic acid groups (broad SMARTS) is 1. The van der Waals surface area contributed by atoms with Crippen LogP contribution in [-0.4, -0.2) is 22.2 Å². The third-order valence-corrected chi connectivity index (χ3v) is 4.41. The number of hydrogen-bond donors (Lipinski definition) is 1. The van der Waals surface area contributed by atoms with E-state index in [0.29, 0.717) is 11.8 Å². The van der Waals surface area contributed by atoms with Gasteiger partial charge in [-0.2, -0.15) is 0 Å². The summed E-state index contributed by atoms with van der Waals surface area (Å²) in [6, 6.07) is 1.76. The predicted molar refractivity (Wildman–Crippen MR) is 75.3 cm³/mol. The second kappa shape index (κ2) is 5.43. The fourth-order valence-corrected chi connectivity index (χ4v) is 3.34. The van der Waals surface area contributed by atoms with Crippen molar-refractivity contribution >= 4 is 5.97 Å². The summed E-state index contributed by atoms with van der Waals surface area (Å²) in [5, 5.41) is 9.36. The van der Waals surface area contributed by atoms with E-state index in [-0.39, 0.29) is 11.7 Å². The van der Waals surface area contributed by atoms with Crippen molar-refractivity contribution in [3.8, 4) is 5.88 Å². The molecule has 0 amide bonds. The number of hydrogen-bond acceptors (Lipinski definition) is 3. The molecule has 0 radical (unpaired) electrons. The molecule has 20 heavy (non-hydrogen) atoms. The Hall–Kier alpha value is -1.58. The Bertz CT molecular complexity index is 527. The van der Waals surface area contributed by atoms with E-state index in [9.17, 15) is 9.90 Å². The van der Waals surface area contributed by atoms with E-state index in [0.717, 1.165) is 49.8 Å². The van der Waals surface area contributed by atoms with Crippen LogP contribution in [0.3, 0.4) is 0 Å². The van der Waals surface area contributed by atoms with Crippen LogP contribution in [0.5, 0.6) is 5.88 Å². The van der Waals surface area contributed by atoms with Gasteiger partial charge in [-0.05, 0) is 56.1 Å². The standard InChI is InChI=1S/C16H21NO3/c1-10-4-2-6-12(8-10)20-15-13(16(18)19)9-11-5-3-7-14(11)17-15/h9-10,12H,2-8H2,1H3,(H,18,19). The lowest BCUT2D eigenvalue weighted by Crippen LogP contribution is -2.25. The van der Waals surface area contributed by atoms with E-state index in [1.54, 1.807) is 6.07 Å². The van der Waals surface area contributed by atoms with Crippen LogP contribution >= 0.6 is 0 Å². The van der Waals surface area contributed by atoms with E-state index in [1.165, 1.54) is 6.42 Å². The van der Waals surface area contributed by atoms with Crippen molar-refractivity contribution in [2.45, 2.75) is 58.0 Å². The van der Waals surface area contributed by atoms with Crippen LogP contribution in [0.25, 0.3) is 0 Å². The predicted octanol–water partition coefficient (Wildman–Crippen LogP) is 3.23. The summed E-state index contributed by atoms with van der Waals surface area (Å²) in [5.41, 5.74) is 2.32. The largest absolute Gasteiger partial charge is 0.477 e. The number of carbonyl (C=O) groups is 1. The molecule has 1 fully saturated rings.